The van der Waals surface area contributed by atoms with E-state index in [4.69, 9.17) is 29.4 Å². The summed E-state index contributed by atoms with van der Waals surface area (Å²) in [5.41, 5.74) is 6.42. The molecule has 4 fully saturated rings. The highest BCUT2D eigenvalue weighted by molar-refractivity contribution is 7.99. The van der Waals surface area contributed by atoms with Gasteiger partial charge in [-0.2, -0.15) is 11.8 Å². The van der Waals surface area contributed by atoms with Crippen molar-refractivity contribution in [3.8, 4) is 0 Å². The third-order valence-electron chi connectivity index (χ3n) is 15.3. The molecule has 0 bridgehead atoms. The van der Waals surface area contributed by atoms with E-state index < -0.39 is 72.0 Å². The number of allylic oxidation sites excluding steroid dienone is 2. The number of carbonyl (C=O) groups is 9. The first-order valence-electron chi connectivity index (χ1n) is 29.6. The Morgan fingerprint density at radius 1 is 0.871 bits per heavy atom. The van der Waals surface area contributed by atoms with Gasteiger partial charge < -0.3 is 76.2 Å². The number of hydrogen-bond acceptors (Lipinski definition) is 16. The topological polar surface area (TPSA) is 328 Å². The minimum atomic E-state index is -1.04. The Morgan fingerprint density at radius 3 is 2.22 bits per heavy atom. The zero-order valence-corrected chi connectivity index (χ0v) is 51.3. The molecule has 472 valence electrons. The van der Waals surface area contributed by atoms with Crippen LogP contribution in [0.15, 0.2) is 60.2 Å². The van der Waals surface area contributed by atoms with E-state index in [0.29, 0.717) is 68.7 Å². The number of esters is 1. The maximum absolute atomic E-state index is 13.7. The summed E-state index contributed by atoms with van der Waals surface area (Å²) in [6.45, 7) is 14.6. The number of unbranched alkanes of at least 4 members (excludes halogenated alkanes) is 2. The average molecular weight is 1210 g/mol. The van der Waals surface area contributed by atoms with E-state index in [1.165, 1.54) is 35.7 Å². The van der Waals surface area contributed by atoms with E-state index in [0.717, 1.165) is 12.0 Å². The molecule has 25 heteroatoms. The quantitative estimate of drug-likeness (QED) is 0.0178. The Morgan fingerprint density at radius 2 is 1.56 bits per heavy atom. The van der Waals surface area contributed by atoms with Crippen LogP contribution in [-0.4, -0.2) is 187 Å². The lowest BCUT2D eigenvalue weighted by molar-refractivity contribution is -0.152. The van der Waals surface area contributed by atoms with Crippen molar-refractivity contribution in [1.29, 1.82) is 0 Å². The number of nitrogens with zero attached hydrogens (tertiary/aromatic N) is 2. The minimum absolute atomic E-state index is 0.0334. The van der Waals surface area contributed by atoms with Crippen molar-refractivity contribution in [2.45, 2.75) is 180 Å². The third kappa shape index (κ3) is 23.7. The fourth-order valence-corrected chi connectivity index (χ4v) is 10.7. The van der Waals surface area contributed by atoms with Crippen molar-refractivity contribution in [3.05, 3.63) is 65.8 Å². The van der Waals surface area contributed by atoms with Gasteiger partial charge in [0.05, 0.1) is 43.1 Å². The number of thioether (sulfide) groups is 1. The lowest BCUT2D eigenvalue weighted by Gasteiger charge is -2.39. The number of hydrogen-bond donors (Lipinski definition) is 8. The van der Waals surface area contributed by atoms with Gasteiger partial charge in [0.1, 0.15) is 42.6 Å². The molecular weight excluding hydrogens is 1120 g/mol. The predicted molar refractivity (Wildman–Crippen MR) is 319 cm³/mol. The number of carbonyl (C=O) groups excluding carboxylic acids is 9. The van der Waals surface area contributed by atoms with E-state index >= 15 is 0 Å². The van der Waals surface area contributed by atoms with Crippen molar-refractivity contribution < 1.29 is 71.9 Å². The van der Waals surface area contributed by atoms with Gasteiger partial charge in [-0.25, -0.2) is 9.59 Å². The second-order valence-corrected chi connectivity index (χ2v) is 23.7. The molecule has 4 saturated heterocycles. The molecule has 9 amide bonds. The van der Waals surface area contributed by atoms with Crippen molar-refractivity contribution >= 4 is 71.0 Å². The van der Waals surface area contributed by atoms with Crippen LogP contribution in [0.3, 0.4) is 0 Å². The highest BCUT2D eigenvalue weighted by atomic mass is 32.2. The fourth-order valence-electron chi connectivity index (χ4n) is 10.3. The normalized spacial score (nSPS) is 24.3. The first kappa shape index (κ1) is 69.2. The van der Waals surface area contributed by atoms with Gasteiger partial charge in [0.2, 0.25) is 35.4 Å². The number of piperazine rings is 1. The molecule has 0 radical (unpaired) electrons. The van der Waals surface area contributed by atoms with Crippen LogP contribution in [0.1, 0.15) is 118 Å². The molecule has 4 heterocycles. The molecule has 0 unspecified atom stereocenters. The zero-order valence-electron chi connectivity index (χ0n) is 50.5. The molecule has 9 N–H and O–H groups in total. The number of amides is 9. The SMILES string of the molecule is CSCC(=O)NCCCCCC(=O)N[C@H](C(=O)N[C@@H](CCCNC(N)=O)C(=O)Nc1ccc(COC(=O)N2CCN(C(=O)C[C@@H]3C[C@@]4(CO4)[C@H](O)[C@@H](/C=C/C(C)=C/C[C@@H]4O[C@H](C)[C@H](NC(=O)/C=C\[C@H](C)OC(C)=O)C[C@@H]4C)O3)CC2)cc1)C(C)C. The highest BCUT2D eigenvalue weighted by Crippen LogP contribution is 2.43. The van der Waals surface area contributed by atoms with Crippen LogP contribution in [0.2, 0.25) is 0 Å². The molecule has 1 aromatic rings. The van der Waals surface area contributed by atoms with Crippen LogP contribution in [0, 0.1) is 11.8 Å². The van der Waals surface area contributed by atoms with E-state index in [-0.39, 0.29) is 112 Å². The van der Waals surface area contributed by atoms with Crippen LogP contribution in [0.25, 0.3) is 0 Å². The first-order chi connectivity index (χ1) is 40.4. The number of aliphatic hydroxyl groups is 1. The first-order valence-corrected chi connectivity index (χ1v) is 31.0. The van der Waals surface area contributed by atoms with E-state index in [9.17, 15) is 48.3 Å². The number of ether oxygens (including phenoxy) is 5. The average Bonchev–Trinajstić information content (AvgIpc) is 2.57. The standard InChI is InChI=1S/C60H91N9O15S/c1-37(2)54(67-50(71)14-10-9-11-25-62-52(73)35-85-8)57(77)66-46(13-12-26-63-58(61)78)56(76)64-44-20-18-43(19-21-44)34-80-59(79)69-29-27-68(28-30-69)53(74)32-45-33-60(36-81-60)55(75)49(84-45)23-16-38(3)15-22-48-39(4)31-47(41(6)83-48)65-51(72)24-17-40(5)82-42(7)70/h15-21,23-24,37,39-41,45-49,54-55,75H,9-14,22,25-36H2,1-8H3,(H,62,73)(H,64,76)(H,65,72)(H,66,77)(H,67,71)(H3,61,63,78)/b23-16+,24-17-,38-15+/t39-,40-,41+,45+,46-,47+,48-,49+,54-,55+,60+/m0/s1. The molecule has 1 spiro atoms. The third-order valence-corrected chi connectivity index (χ3v) is 15.9. The molecule has 1 aromatic carbocycles. The smallest absolute Gasteiger partial charge is 0.410 e. The van der Waals surface area contributed by atoms with E-state index in [1.54, 1.807) is 56.0 Å². The largest absolute Gasteiger partial charge is 0.459 e. The van der Waals surface area contributed by atoms with Crippen LogP contribution in [-0.2, 0) is 63.9 Å². The molecule has 4 aliphatic heterocycles. The summed E-state index contributed by atoms with van der Waals surface area (Å²) in [5, 5.41) is 28.0. The number of urea groups is 1. The molecular formula is C60H91N9O15S. The van der Waals surface area contributed by atoms with Crippen molar-refractivity contribution in [2.75, 3.05) is 63.2 Å². The van der Waals surface area contributed by atoms with Gasteiger partial charge in [0.25, 0.3) is 0 Å². The second kappa shape index (κ2) is 34.6. The van der Waals surface area contributed by atoms with Crippen molar-refractivity contribution in [3.63, 3.8) is 0 Å². The summed E-state index contributed by atoms with van der Waals surface area (Å²) in [4.78, 5) is 117. The number of aliphatic hydroxyl groups excluding tert-OH is 1. The second-order valence-electron chi connectivity index (χ2n) is 22.8. The van der Waals surface area contributed by atoms with Gasteiger partial charge in [-0.05, 0) is 101 Å². The number of epoxide rings is 1. The van der Waals surface area contributed by atoms with E-state index in [2.05, 4.69) is 44.9 Å². The van der Waals surface area contributed by atoms with Crippen LogP contribution in [0.4, 0.5) is 15.3 Å². The lowest BCUT2D eigenvalue weighted by Crippen LogP contribution is -2.54. The van der Waals surface area contributed by atoms with Crippen molar-refractivity contribution in [2.24, 2.45) is 17.6 Å². The summed E-state index contributed by atoms with van der Waals surface area (Å²) in [6, 6.07) is 3.77. The number of primary amides is 1. The maximum atomic E-state index is 13.7. The summed E-state index contributed by atoms with van der Waals surface area (Å²) in [7, 11) is 0. The molecule has 0 aromatic heterocycles. The Bertz CT molecular complexity index is 2520. The molecule has 24 nitrogen and oxygen atoms in total. The molecule has 0 saturated carbocycles. The molecule has 4 aliphatic rings. The minimum Gasteiger partial charge on any atom is -0.459 e. The summed E-state index contributed by atoms with van der Waals surface area (Å²) < 4.78 is 29.1. The van der Waals surface area contributed by atoms with Gasteiger partial charge in [-0.1, -0.05) is 63.1 Å². The number of anilines is 1. The van der Waals surface area contributed by atoms with Gasteiger partial charge in [0.15, 0.2) is 0 Å². The number of rotatable bonds is 30. The highest BCUT2D eigenvalue weighted by Gasteiger charge is 2.58. The van der Waals surface area contributed by atoms with Crippen molar-refractivity contribution in [1.82, 2.24) is 36.4 Å². The fraction of sp³-hybridized carbons (Fsp3) is 0.650. The monoisotopic (exact) mass is 1210 g/mol. The molecule has 85 heavy (non-hydrogen) atoms. The van der Waals surface area contributed by atoms with Gasteiger partial charge in [0, 0.05) is 70.8 Å². The Kier molecular flexibility index (Phi) is 28.2. The summed E-state index contributed by atoms with van der Waals surface area (Å²) >= 11 is 1.44. The number of nitrogens with one attached hydrogen (secondary N) is 6. The van der Waals surface area contributed by atoms with Gasteiger partial charge in [-0.3, -0.25) is 33.6 Å². The zero-order chi connectivity index (χ0) is 62.2. The number of benzene rings is 1. The van der Waals surface area contributed by atoms with Gasteiger partial charge >= 0.3 is 18.1 Å². The van der Waals surface area contributed by atoms with Crippen LogP contribution < -0.4 is 37.6 Å². The summed E-state index contributed by atoms with van der Waals surface area (Å²) in [6.07, 6.45) is 11.4. The predicted octanol–water partition coefficient (Wildman–Crippen LogP) is 3.90. The number of nitrogens with two attached hydrogens (primary N) is 1. The molecule has 11 atom stereocenters. The van der Waals surface area contributed by atoms with Crippen LogP contribution >= 0.6 is 11.8 Å². The van der Waals surface area contributed by atoms with E-state index in [1.807, 2.05) is 26.2 Å². The van der Waals surface area contributed by atoms with Gasteiger partial charge in [-0.15, -0.1) is 0 Å². The summed E-state index contributed by atoms with van der Waals surface area (Å²) in [5.74, 6) is -2.03. The molecule has 0 aliphatic carbocycles. The Labute approximate surface area is 503 Å². The Balaban J connectivity index is 1.04. The molecule has 5 rings (SSSR count). The lowest BCUT2D eigenvalue weighted by atomic mass is 9.87. The Hall–Kier alpha value is -6.54. The maximum Gasteiger partial charge on any atom is 0.410 e. The van der Waals surface area contributed by atoms with Crippen LogP contribution in [0.5, 0.6) is 0 Å².